The minimum absolute atomic E-state index is 0.505. The van der Waals surface area contributed by atoms with Crippen LogP contribution in [0.15, 0.2) is 22.5 Å². The summed E-state index contributed by atoms with van der Waals surface area (Å²) in [7, 11) is 6.27. The van der Waals surface area contributed by atoms with Gasteiger partial charge in [-0.05, 0) is 69.5 Å². The summed E-state index contributed by atoms with van der Waals surface area (Å²) in [4.78, 5) is 17.2. The number of thiazole rings is 1. The van der Waals surface area contributed by atoms with Gasteiger partial charge in [-0.3, -0.25) is 9.89 Å². The van der Waals surface area contributed by atoms with Crippen LogP contribution in [0.5, 0.6) is 0 Å². The van der Waals surface area contributed by atoms with Gasteiger partial charge in [0.25, 0.3) is 0 Å². The second-order valence-electron chi connectivity index (χ2n) is 8.31. The zero-order chi connectivity index (χ0) is 20.2. The number of likely N-dealkylation sites (tertiary alicyclic amines) is 1. The van der Waals surface area contributed by atoms with E-state index in [-0.39, 0.29) is 0 Å². The number of thiophene rings is 1. The zero-order valence-electron chi connectivity index (χ0n) is 17.9. The van der Waals surface area contributed by atoms with Gasteiger partial charge < -0.3 is 10.2 Å². The molecule has 0 amide bonds. The van der Waals surface area contributed by atoms with E-state index >= 15 is 0 Å². The van der Waals surface area contributed by atoms with Crippen molar-refractivity contribution in [3.63, 3.8) is 0 Å². The van der Waals surface area contributed by atoms with Crippen LogP contribution in [0.25, 0.3) is 0 Å². The molecular weight excluding hydrogens is 398 g/mol. The highest BCUT2D eigenvalue weighted by molar-refractivity contribution is 7.11. The van der Waals surface area contributed by atoms with Crippen LogP contribution in [0, 0.1) is 5.92 Å². The molecule has 2 unspecified atom stereocenters. The molecule has 29 heavy (non-hydrogen) atoms. The zero-order valence-corrected chi connectivity index (χ0v) is 19.5. The number of hydrogen-bond donors (Lipinski definition) is 1. The van der Waals surface area contributed by atoms with E-state index in [0.29, 0.717) is 12.0 Å². The van der Waals surface area contributed by atoms with Crippen molar-refractivity contribution in [3.05, 3.63) is 38.0 Å². The third-order valence-electron chi connectivity index (χ3n) is 6.20. The molecule has 1 saturated heterocycles. The van der Waals surface area contributed by atoms with Crippen molar-refractivity contribution in [2.75, 3.05) is 34.2 Å². The molecule has 1 fully saturated rings. The van der Waals surface area contributed by atoms with Crippen molar-refractivity contribution in [3.8, 4) is 0 Å². The number of aryl methyl sites for hydroxylation is 2. The smallest absolute Gasteiger partial charge is 0.193 e. The summed E-state index contributed by atoms with van der Waals surface area (Å²) in [6, 6.07) is 4.97. The van der Waals surface area contributed by atoms with Crippen molar-refractivity contribution in [1.29, 1.82) is 0 Å². The molecule has 2 atom stereocenters. The largest absolute Gasteiger partial charge is 0.356 e. The van der Waals surface area contributed by atoms with E-state index in [0.717, 1.165) is 25.5 Å². The Hall–Kier alpha value is -1.44. The third kappa shape index (κ3) is 4.84. The van der Waals surface area contributed by atoms with Gasteiger partial charge in [0.15, 0.2) is 5.96 Å². The van der Waals surface area contributed by atoms with Gasteiger partial charge in [-0.2, -0.15) is 0 Å². The van der Waals surface area contributed by atoms with Gasteiger partial charge in [0, 0.05) is 36.4 Å². The first-order chi connectivity index (χ1) is 14.2. The molecule has 2 aromatic heterocycles. The van der Waals surface area contributed by atoms with Crippen LogP contribution in [-0.4, -0.2) is 55.0 Å². The minimum Gasteiger partial charge on any atom is -0.356 e. The Labute approximate surface area is 182 Å². The lowest BCUT2D eigenvalue weighted by molar-refractivity contribution is 0.124. The van der Waals surface area contributed by atoms with Crippen LogP contribution < -0.4 is 5.32 Å². The monoisotopic (exact) mass is 431 g/mol. The Kier molecular flexibility index (Phi) is 6.88. The van der Waals surface area contributed by atoms with Crippen LogP contribution >= 0.6 is 22.7 Å². The normalized spacial score (nSPS) is 23.1. The first-order valence-corrected chi connectivity index (χ1v) is 12.5. The maximum absolute atomic E-state index is 4.90. The molecular formula is C22H33N5S2. The number of nitrogens with zero attached hydrogens (tertiary/aromatic N) is 4. The van der Waals surface area contributed by atoms with Crippen molar-refractivity contribution >= 4 is 28.6 Å². The van der Waals surface area contributed by atoms with Crippen LogP contribution in [0.3, 0.4) is 0 Å². The van der Waals surface area contributed by atoms with Crippen LogP contribution in [-0.2, 0) is 19.4 Å². The van der Waals surface area contributed by atoms with Crippen molar-refractivity contribution in [2.45, 2.75) is 51.1 Å². The molecule has 1 N–H and O–H groups in total. The van der Waals surface area contributed by atoms with Crippen molar-refractivity contribution < 1.29 is 0 Å². The first kappa shape index (κ1) is 20.8. The number of aromatic nitrogens is 1. The maximum atomic E-state index is 4.90. The van der Waals surface area contributed by atoms with Crippen LogP contribution in [0.1, 0.15) is 52.2 Å². The van der Waals surface area contributed by atoms with E-state index in [2.05, 4.69) is 51.7 Å². The molecule has 0 radical (unpaired) electrons. The van der Waals surface area contributed by atoms with Crippen LogP contribution in [0.4, 0.5) is 0 Å². The fraction of sp³-hybridized carbons (Fsp3) is 0.636. The number of hydrogen-bond acceptors (Lipinski definition) is 5. The number of guanidine groups is 1. The summed E-state index contributed by atoms with van der Waals surface area (Å²) < 4.78 is 0. The second-order valence-corrected chi connectivity index (χ2v) is 10.5. The molecule has 1 aliphatic carbocycles. The number of rotatable bonds is 5. The first-order valence-electron chi connectivity index (χ1n) is 10.8. The SMILES string of the molecule is CN=C(NCC1CCCN(C)C1c1cccs1)N(C)Cc1nc2c(s1)CCCC2. The lowest BCUT2D eigenvalue weighted by Crippen LogP contribution is -2.45. The molecule has 158 valence electrons. The van der Waals surface area contributed by atoms with Gasteiger partial charge >= 0.3 is 0 Å². The Bertz CT molecular complexity index is 790. The molecule has 0 spiro atoms. The summed E-state index contributed by atoms with van der Waals surface area (Å²) >= 11 is 3.78. The third-order valence-corrected chi connectivity index (χ3v) is 8.29. The van der Waals surface area contributed by atoms with E-state index < -0.39 is 0 Å². The molecule has 7 heteroatoms. The Morgan fingerprint density at radius 1 is 1.34 bits per heavy atom. The molecule has 0 bridgehead atoms. The summed E-state index contributed by atoms with van der Waals surface area (Å²) in [6.07, 6.45) is 7.50. The lowest BCUT2D eigenvalue weighted by atomic mass is 9.88. The van der Waals surface area contributed by atoms with Gasteiger partial charge in [0.05, 0.1) is 12.2 Å². The highest BCUT2D eigenvalue weighted by Crippen LogP contribution is 2.36. The summed E-state index contributed by atoms with van der Waals surface area (Å²) in [6.45, 7) is 2.97. The highest BCUT2D eigenvalue weighted by Gasteiger charge is 2.31. The van der Waals surface area contributed by atoms with Gasteiger partial charge in [-0.15, -0.1) is 22.7 Å². The van der Waals surface area contributed by atoms with E-state index in [9.17, 15) is 0 Å². The average Bonchev–Trinajstić information content (AvgIpc) is 3.37. The Morgan fingerprint density at radius 2 is 2.21 bits per heavy atom. The summed E-state index contributed by atoms with van der Waals surface area (Å²) in [5.41, 5.74) is 1.34. The number of aliphatic imine (C=N–C) groups is 1. The molecule has 5 nitrogen and oxygen atoms in total. The molecule has 4 rings (SSSR count). The molecule has 2 aromatic rings. The highest BCUT2D eigenvalue weighted by atomic mass is 32.1. The number of piperidine rings is 1. The van der Waals surface area contributed by atoms with E-state index in [1.54, 1.807) is 0 Å². The minimum atomic E-state index is 0.505. The predicted octanol–water partition coefficient (Wildman–Crippen LogP) is 4.17. The fourth-order valence-corrected chi connectivity index (χ4v) is 6.93. The Morgan fingerprint density at radius 3 is 2.97 bits per heavy atom. The summed E-state index contributed by atoms with van der Waals surface area (Å²) in [5, 5.41) is 7.08. The van der Waals surface area contributed by atoms with Gasteiger partial charge in [-0.25, -0.2) is 4.98 Å². The standard InChI is InChI=1S/C22H33N5S2/c1-23-22(27(3)15-20-25-17-9-4-5-10-18(17)29-20)24-14-16-8-6-12-26(2)21(16)19-11-7-13-28-19/h7,11,13,16,21H,4-6,8-10,12,14-15H2,1-3H3,(H,23,24). The predicted molar refractivity (Wildman–Crippen MR) is 124 cm³/mol. The summed E-state index contributed by atoms with van der Waals surface area (Å²) in [5.74, 6) is 1.57. The van der Waals surface area contributed by atoms with Crippen molar-refractivity contribution in [1.82, 2.24) is 20.1 Å². The van der Waals surface area contributed by atoms with E-state index in [1.807, 2.05) is 29.7 Å². The maximum Gasteiger partial charge on any atom is 0.193 e. The number of nitrogens with one attached hydrogen (secondary N) is 1. The average molecular weight is 432 g/mol. The molecule has 0 aromatic carbocycles. The topological polar surface area (TPSA) is 43.8 Å². The van der Waals surface area contributed by atoms with E-state index in [4.69, 9.17) is 4.98 Å². The van der Waals surface area contributed by atoms with Gasteiger partial charge in [0.1, 0.15) is 5.01 Å². The Balaban J connectivity index is 1.37. The van der Waals surface area contributed by atoms with E-state index in [1.165, 1.54) is 59.1 Å². The van der Waals surface area contributed by atoms with Crippen molar-refractivity contribution in [2.24, 2.45) is 10.9 Å². The van der Waals surface area contributed by atoms with Crippen LogP contribution in [0.2, 0.25) is 0 Å². The molecule has 3 heterocycles. The fourth-order valence-electron chi connectivity index (χ4n) is 4.74. The van der Waals surface area contributed by atoms with Gasteiger partial charge in [0.2, 0.25) is 0 Å². The van der Waals surface area contributed by atoms with Gasteiger partial charge in [-0.1, -0.05) is 6.07 Å². The quantitative estimate of drug-likeness (QED) is 0.570. The molecule has 2 aliphatic rings. The second kappa shape index (κ2) is 9.58. The molecule has 1 aliphatic heterocycles. The lowest BCUT2D eigenvalue weighted by Gasteiger charge is -2.39. The number of fused-ring (bicyclic) bond motifs is 1. The molecule has 0 saturated carbocycles.